The first-order valence-electron chi connectivity index (χ1n) is 12.1. The smallest absolute Gasteiger partial charge is 0.416 e. The van der Waals surface area contributed by atoms with Crippen molar-refractivity contribution in [1.29, 1.82) is 5.26 Å². The van der Waals surface area contributed by atoms with Gasteiger partial charge in [0.15, 0.2) is 5.82 Å². The molecule has 0 spiro atoms. The number of hydrogen-bond donors (Lipinski definition) is 1. The van der Waals surface area contributed by atoms with Crippen LogP contribution in [0.3, 0.4) is 0 Å². The number of halogens is 4. The largest absolute Gasteiger partial charge is 0.447 e. The van der Waals surface area contributed by atoms with Gasteiger partial charge in [-0.05, 0) is 43.3 Å². The van der Waals surface area contributed by atoms with Gasteiger partial charge in [0.2, 0.25) is 6.10 Å². The number of anilines is 1. The molecule has 2 aromatic carbocycles. The first kappa shape index (κ1) is 29.9. The fraction of sp³-hybridized carbons (Fsp3) is 0.222. The zero-order valence-corrected chi connectivity index (χ0v) is 23.3. The van der Waals surface area contributed by atoms with Crippen LogP contribution in [0.15, 0.2) is 47.7 Å². The van der Waals surface area contributed by atoms with E-state index in [0.29, 0.717) is 40.4 Å². The minimum Gasteiger partial charge on any atom is -0.447 e. The second-order valence-corrected chi connectivity index (χ2v) is 9.61. The predicted molar refractivity (Wildman–Crippen MR) is 148 cm³/mol. The summed E-state index contributed by atoms with van der Waals surface area (Å²) in [5.74, 6) is -1.55. The molecule has 0 bridgehead atoms. The van der Waals surface area contributed by atoms with Gasteiger partial charge in [0.1, 0.15) is 17.4 Å². The summed E-state index contributed by atoms with van der Waals surface area (Å²) in [5.41, 5.74) is 0.299. The standard InChI is InChI=1S/C27H22ClF3N8O3/c1-14-22-23(25(34-12-33-22)35-13-38(3)4)39(37-14)21-6-5-19(10-20(21)28)36-26(41)24(42-15(2)40)17-7-16(11-32)8-18(9-17)27(29,30)31/h5-10,12-13,24H,1-4H3,(H,36,41). The highest BCUT2D eigenvalue weighted by Crippen LogP contribution is 2.34. The number of carbonyl (C=O) groups is 2. The zero-order chi connectivity index (χ0) is 30.8. The Bertz CT molecular complexity index is 1760. The van der Waals surface area contributed by atoms with Crippen LogP contribution in [0.5, 0.6) is 0 Å². The molecular weight excluding hydrogens is 577 g/mol. The number of carbonyl (C=O) groups excluding carboxylic acids is 2. The van der Waals surface area contributed by atoms with Crippen LogP contribution in [0.25, 0.3) is 16.7 Å². The van der Waals surface area contributed by atoms with Gasteiger partial charge in [-0.3, -0.25) is 9.59 Å². The summed E-state index contributed by atoms with van der Waals surface area (Å²) in [7, 11) is 3.60. The van der Waals surface area contributed by atoms with Crippen LogP contribution in [0.1, 0.15) is 35.4 Å². The molecule has 0 aliphatic heterocycles. The number of amides is 1. The van der Waals surface area contributed by atoms with Gasteiger partial charge >= 0.3 is 12.1 Å². The molecular formula is C27H22ClF3N8O3. The van der Waals surface area contributed by atoms with Crippen LogP contribution >= 0.6 is 11.6 Å². The fourth-order valence-electron chi connectivity index (χ4n) is 3.95. The Morgan fingerprint density at radius 1 is 1.21 bits per heavy atom. The zero-order valence-electron chi connectivity index (χ0n) is 22.6. The summed E-state index contributed by atoms with van der Waals surface area (Å²) in [6.45, 7) is 2.76. The third-order valence-electron chi connectivity index (χ3n) is 5.70. The van der Waals surface area contributed by atoms with Crippen LogP contribution in [0.4, 0.5) is 24.7 Å². The number of aryl methyl sites for hydroxylation is 1. The van der Waals surface area contributed by atoms with Gasteiger partial charge in [-0.1, -0.05) is 11.6 Å². The van der Waals surface area contributed by atoms with Crippen molar-refractivity contribution in [3.05, 3.63) is 70.1 Å². The molecule has 216 valence electrons. The van der Waals surface area contributed by atoms with Crippen molar-refractivity contribution >= 4 is 52.4 Å². The number of benzene rings is 2. The SMILES string of the molecule is CC(=O)OC(C(=O)Nc1ccc(-n2nc(C)c3ncnc(N=CN(C)C)c32)c(Cl)c1)c1cc(C#N)cc(C(F)(F)F)c1. The summed E-state index contributed by atoms with van der Waals surface area (Å²) in [5, 5.41) is 16.4. The lowest BCUT2D eigenvalue weighted by Gasteiger charge is -2.19. The van der Waals surface area contributed by atoms with E-state index in [9.17, 15) is 28.0 Å². The number of aromatic nitrogens is 4. The Hall–Kier alpha value is -5.03. The molecule has 1 atom stereocenters. The van der Waals surface area contributed by atoms with Crippen molar-refractivity contribution in [1.82, 2.24) is 24.6 Å². The average Bonchev–Trinajstić information content (AvgIpc) is 3.26. The van der Waals surface area contributed by atoms with Crippen LogP contribution in [0, 0.1) is 18.3 Å². The van der Waals surface area contributed by atoms with Gasteiger partial charge in [0.25, 0.3) is 5.91 Å². The number of aliphatic imine (C=N–C) groups is 1. The van der Waals surface area contributed by atoms with Crippen molar-refractivity contribution in [3.8, 4) is 11.8 Å². The predicted octanol–water partition coefficient (Wildman–Crippen LogP) is 5.13. The molecule has 1 unspecified atom stereocenters. The lowest BCUT2D eigenvalue weighted by molar-refractivity contribution is -0.152. The van der Waals surface area contributed by atoms with Crippen molar-refractivity contribution in [2.24, 2.45) is 4.99 Å². The van der Waals surface area contributed by atoms with Crippen LogP contribution in [-0.4, -0.2) is 57.0 Å². The highest BCUT2D eigenvalue weighted by atomic mass is 35.5. The van der Waals surface area contributed by atoms with Crippen LogP contribution < -0.4 is 5.32 Å². The number of rotatable bonds is 7. The molecule has 2 aromatic heterocycles. The van der Waals surface area contributed by atoms with Crippen molar-refractivity contribution in [2.75, 3.05) is 19.4 Å². The van der Waals surface area contributed by atoms with Crippen molar-refractivity contribution in [3.63, 3.8) is 0 Å². The first-order valence-corrected chi connectivity index (χ1v) is 12.5. The Morgan fingerprint density at radius 2 is 1.95 bits per heavy atom. The molecule has 0 aliphatic carbocycles. The summed E-state index contributed by atoms with van der Waals surface area (Å²) in [4.78, 5) is 39.6. The summed E-state index contributed by atoms with van der Waals surface area (Å²) in [6.07, 6.45) is -3.66. The molecule has 0 saturated carbocycles. The maximum absolute atomic E-state index is 13.4. The number of esters is 1. The summed E-state index contributed by atoms with van der Waals surface area (Å²) in [6, 6.07) is 8.36. The van der Waals surface area contributed by atoms with E-state index in [1.54, 1.807) is 44.4 Å². The molecule has 1 N–H and O–H groups in total. The second-order valence-electron chi connectivity index (χ2n) is 9.20. The molecule has 0 fully saturated rings. The molecule has 4 aromatic rings. The van der Waals surface area contributed by atoms with E-state index < -0.39 is 29.7 Å². The van der Waals surface area contributed by atoms with Gasteiger partial charge in [-0.15, -0.1) is 0 Å². The fourth-order valence-corrected chi connectivity index (χ4v) is 4.21. The highest BCUT2D eigenvalue weighted by Gasteiger charge is 2.34. The molecule has 2 heterocycles. The van der Waals surface area contributed by atoms with Crippen LogP contribution in [-0.2, 0) is 20.5 Å². The molecule has 0 aliphatic rings. The maximum atomic E-state index is 13.4. The summed E-state index contributed by atoms with van der Waals surface area (Å²) >= 11 is 6.58. The van der Waals surface area contributed by atoms with Gasteiger partial charge in [0.05, 0.1) is 39.9 Å². The maximum Gasteiger partial charge on any atom is 0.416 e. The van der Waals surface area contributed by atoms with E-state index in [-0.39, 0.29) is 21.8 Å². The Labute approximate surface area is 242 Å². The molecule has 42 heavy (non-hydrogen) atoms. The highest BCUT2D eigenvalue weighted by molar-refractivity contribution is 6.32. The Balaban J connectivity index is 1.70. The lowest BCUT2D eigenvalue weighted by Crippen LogP contribution is -2.25. The minimum absolute atomic E-state index is 0.137. The third kappa shape index (κ3) is 6.47. The van der Waals surface area contributed by atoms with Crippen molar-refractivity contribution in [2.45, 2.75) is 26.1 Å². The third-order valence-corrected chi connectivity index (χ3v) is 6.00. The summed E-state index contributed by atoms with van der Waals surface area (Å²) < 4.78 is 46.8. The van der Waals surface area contributed by atoms with E-state index in [2.05, 4.69) is 25.4 Å². The average molecular weight is 599 g/mol. The molecule has 11 nitrogen and oxygen atoms in total. The molecule has 15 heteroatoms. The monoisotopic (exact) mass is 598 g/mol. The van der Waals surface area contributed by atoms with Crippen LogP contribution in [0.2, 0.25) is 5.02 Å². The number of nitriles is 1. The topological polar surface area (TPSA) is 138 Å². The van der Waals surface area contributed by atoms with Gasteiger partial charge in [-0.2, -0.15) is 23.5 Å². The number of hydrogen-bond acceptors (Lipinski definition) is 8. The molecule has 0 saturated heterocycles. The van der Waals surface area contributed by atoms with E-state index in [1.807, 2.05) is 0 Å². The number of nitrogens with zero attached hydrogens (tertiary/aromatic N) is 7. The molecule has 1 amide bonds. The van der Waals surface area contributed by atoms with Gasteiger partial charge in [0, 0.05) is 32.3 Å². The van der Waals surface area contributed by atoms with E-state index in [1.165, 1.54) is 23.1 Å². The number of nitrogens with one attached hydrogen (secondary N) is 1. The van der Waals surface area contributed by atoms with E-state index in [0.717, 1.165) is 13.0 Å². The first-order chi connectivity index (χ1) is 19.8. The van der Waals surface area contributed by atoms with Gasteiger partial charge < -0.3 is 15.0 Å². The minimum atomic E-state index is -4.81. The Morgan fingerprint density at radius 3 is 2.57 bits per heavy atom. The second kappa shape index (κ2) is 11.8. The van der Waals surface area contributed by atoms with E-state index in [4.69, 9.17) is 16.3 Å². The lowest BCUT2D eigenvalue weighted by atomic mass is 10.0. The number of ether oxygens (including phenoxy) is 1. The normalized spacial score (nSPS) is 12.3. The number of alkyl halides is 3. The van der Waals surface area contributed by atoms with E-state index >= 15 is 0 Å². The quantitative estimate of drug-likeness (QED) is 0.175. The molecule has 4 rings (SSSR count). The molecule has 0 radical (unpaired) electrons. The number of fused-ring (bicyclic) bond motifs is 1. The van der Waals surface area contributed by atoms with Gasteiger partial charge in [-0.25, -0.2) is 19.6 Å². The van der Waals surface area contributed by atoms with Crippen molar-refractivity contribution < 1.29 is 27.5 Å². The Kier molecular flexibility index (Phi) is 8.44.